The number of fused-ring (bicyclic) bond motifs is 1. The maximum absolute atomic E-state index is 13.6. The quantitative estimate of drug-likeness (QED) is 0.298. The van der Waals surface area contributed by atoms with E-state index in [1.54, 1.807) is 43.3 Å². The summed E-state index contributed by atoms with van der Waals surface area (Å²) in [5.74, 6) is -2.47. The first-order valence-corrected chi connectivity index (χ1v) is 12.0. The van der Waals surface area contributed by atoms with Gasteiger partial charge in [-0.1, -0.05) is 58.8 Å². The molecule has 2 aromatic heterocycles. The first-order chi connectivity index (χ1) is 16.7. The molecule has 0 fully saturated rings. The van der Waals surface area contributed by atoms with E-state index in [0.29, 0.717) is 27.1 Å². The van der Waals surface area contributed by atoms with Gasteiger partial charge in [0.15, 0.2) is 22.4 Å². The first kappa shape index (κ1) is 23.3. The number of anilines is 1. The van der Waals surface area contributed by atoms with E-state index in [9.17, 15) is 19.5 Å². The molecule has 3 heterocycles. The lowest BCUT2D eigenvalue weighted by molar-refractivity contribution is -0.117. The Hall–Kier alpha value is -3.46. The predicted octanol–water partition coefficient (Wildman–Crippen LogP) is 6.49. The molecule has 0 unspecified atom stereocenters. The number of furan rings is 1. The van der Waals surface area contributed by atoms with Crippen molar-refractivity contribution < 1.29 is 23.9 Å². The number of halogens is 2. The third kappa shape index (κ3) is 3.83. The standard InChI is InChI=1S/C25H16Cl2N2O5S/c1-11-23(12(2)30)35-25(28-11)29-20(14-7-8-15(26)16(27)9-14)19(22(32)24(29)33)21(31)18-10-13-5-3-4-6-17(13)34-18/h3-10,20,32H,1-2H3/t20-/m1/s1. The number of nitrogens with zero attached hydrogens (tertiary/aromatic N) is 2. The molecule has 1 N–H and O–H groups in total. The molecule has 0 radical (unpaired) electrons. The summed E-state index contributed by atoms with van der Waals surface area (Å²) in [6.45, 7) is 3.05. The second kappa shape index (κ2) is 8.64. The van der Waals surface area contributed by atoms with Gasteiger partial charge in [-0.25, -0.2) is 4.98 Å². The third-order valence-electron chi connectivity index (χ3n) is 5.67. The van der Waals surface area contributed by atoms with Gasteiger partial charge in [0.05, 0.1) is 32.2 Å². The fraction of sp³-hybridized carbons (Fsp3) is 0.120. The minimum atomic E-state index is -1.08. The predicted molar refractivity (Wildman–Crippen MR) is 134 cm³/mol. The molecule has 5 rings (SSSR count). The second-order valence-electron chi connectivity index (χ2n) is 7.96. The Labute approximate surface area is 213 Å². The minimum absolute atomic E-state index is 0.0350. The molecule has 2 aromatic carbocycles. The molecule has 0 spiro atoms. The van der Waals surface area contributed by atoms with Gasteiger partial charge in [-0.05, 0) is 36.8 Å². The van der Waals surface area contributed by atoms with Crippen LogP contribution in [-0.4, -0.2) is 27.6 Å². The van der Waals surface area contributed by atoms with Gasteiger partial charge in [0.1, 0.15) is 5.58 Å². The zero-order valence-electron chi connectivity index (χ0n) is 18.3. The number of ketones is 2. The van der Waals surface area contributed by atoms with Gasteiger partial charge in [-0.15, -0.1) is 0 Å². The zero-order chi connectivity index (χ0) is 25.0. The molecule has 1 aliphatic heterocycles. The Morgan fingerprint density at radius 3 is 2.51 bits per heavy atom. The molecule has 176 valence electrons. The van der Waals surface area contributed by atoms with Crippen LogP contribution < -0.4 is 4.90 Å². The lowest BCUT2D eigenvalue weighted by Gasteiger charge is -2.24. The number of hydrogen-bond donors (Lipinski definition) is 1. The van der Waals surface area contributed by atoms with Crippen LogP contribution in [0.15, 0.2) is 64.3 Å². The number of carbonyl (C=O) groups is 3. The van der Waals surface area contributed by atoms with E-state index >= 15 is 0 Å². The molecule has 4 aromatic rings. The van der Waals surface area contributed by atoms with Crippen molar-refractivity contribution in [1.82, 2.24) is 4.98 Å². The van der Waals surface area contributed by atoms with Gasteiger partial charge in [0.25, 0.3) is 5.91 Å². The highest BCUT2D eigenvalue weighted by atomic mass is 35.5. The molecule has 0 aliphatic carbocycles. The number of thiazole rings is 1. The van der Waals surface area contributed by atoms with E-state index < -0.39 is 23.5 Å². The number of Topliss-reactive ketones (excluding diaryl/α,β-unsaturated/α-hetero) is 2. The molecule has 7 nitrogen and oxygen atoms in total. The molecule has 0 bridgehead atoms. The van der Waals surface area contributed by atoms with Crippen LogP contribution in [0.4, 0.5) is 5.13 Å². The molecule has 35 heavy (non-hydrogen) atoms. The number of aliphatic hydroxyl groups is 1. The number of hydrogen-bond acceptors (Lipinski definition) is 7. The van der Waals surface area contributed by atoms with Gasteiger partial charge in [0.2, 0.25) is 5.78 Å². The van der Waals surface area contributed by atoms with Crippen molar-refractivity contribution in [3.8, 4) is 0 Å². The van der Waals surface area contributed by atoms with Crippen molar-refractivity contribution in [2.45, 2.75) is 19.9 Å². The van der Waals surface area contributed by atoms with E-state index in [1.807, 2.05) is 0 Å². The van der Waals surface area contributed by atoms with E-state index in [2.05, 4.69) is 4.98 Å². The van der Waals surface area contributed by atoms with Crippen LogP contribution in [0.25, 0.3) is 11.0 Å². The molecular formula is C25H16Cl2N2O5S. The highest BCUT2D eigenvalue weighted by molar-refractivity contribution is 7.17. The van der Waals surface area contributed by atoms with Crippen LogP contribution in [0.5, 0.6) is 0 Å². The number of aromatic nitrogens is 1. The molecule has 1 amide bonds. The number of aryl methyl sites for hydroxylation is 1. The Bertz CT molecular complexity index is 1550. The van der Waals surface area contributed by atoms with Gasteiger partial charge in [0, 0.05) is 12.3 Å². The zero-order valence-corrected chi connectivity index (χ0v) is 20.7. The van der Waals surface area contributed by atoms with Crippen molar-refractivity contribution in [3.05, 3.63) is 91.8 Å². The Morgan fingerprint density at radius 1 is 1.11 bits per heavy atom. The molecule has 0 saturated heterocycles. The van der Waals surface area contributed by atoms with Gasteiger partial charge in [-0.2, -0.15) is 0 Å². The summed E-state index contributed by atoms with van der Waals surface area (Å²) in [6.07, 6.45) is 0. The smallest absolute Gasteiger partial charge is 0.296 e. The van der Waals surface area contributed by atoms with Crippen molar-refractivity contribution in [1.29, 1.82) is 0 Å². The van der Waals surface area contributed by atoms with E-state index in [1.165, 1.54) is 24.0 Å². The molecule has 10 heteroatoms. The van der Waals surface area contributed by atoms with Crippen molar-refractivity contribution in [2.24, 2.45) is 0 Å². The average molecular weight is 527 g/mol. The highest BCUT2D eigenvalue weighted by Crippen LogP contribution is 2.45. The molecular weight excluding hydrogens is 511 g/mol. The lowest BCUT2D eigenvalue weighted by atomic mass is 9.95. The van der Waals surface area contributed by atoms with Crippen LogP contribution in [-0.2, 0) is 4.79 Å². The number of amides is 1. The van der Waals surface area contributed by atoms with Gasteiger partial charge >= 0.3 is 0 Å². The van der Waals surface area contributed by atoms with Gasteiger partial charge in [-0.3, -0.25) is 19.3 Å². The van der Waals surface area contributed by atoms with E-state index in [4.69, 9.17) is 27.6 Å². The molecule has 1 atom stereocenters. The fourth-order valence-corrected chi connectivity index (χ4v) is 5.37. The summed E-state index contributed by atoms with van der Waals surface area (Å²) in [5, 5.41) is 12.3. The summed E-state index contributed by atoms with van der Waals surface area (Å²) < 4.78 is 5.72. The maximum atomic E-state index is 13.6. The van der Waals surface area contributed by atoms with Crippen LogP contribution in [0.3, 0.4) is 0 Å². The van der Waals surface area contributed by atoms with Crippen LogP contribution in [0.2, 0.25) is 10.0 Å². The summed E-state index contributed by atoms with van der Waals surface area (Å²) in [7, 11) is 0. The van der Waals surface area contributed by atoms with Crippen LogP contribution in [0.1, 0.15) is 44.4 Å². The lowest BCUT2D eigenvalue weighted by Crippen LogP contribution is -2.31. The molecule has 1 aliphatic rings. The van der Waals surface area contributed by atoms with E-state index in [0.717, 1.165) is 11.3 Å². The largest absolute Gasteiger partial charge is 0.503 e. The van der Waals surface area contributed by atoms with Gasteiger partial charge < -0.3 is 9.52 Å². The number of benzene rings is 2. The second-order valence-corrected chi connectivity index (χ2v) is 9.75. The van der Waals surface area contributed by atoms with Crippen molar-refractivity contribution in [2.75, 3.05) is 4.90 Å². The fourth-order valence-electron chi connectivity index (χ4n) is 4.07. The van der Waals surface area contributed by atoms with E-state index in [-0.39, 0.29) is 32.3 Å². The Kier molecular flexibility index (Phi) is 5.75. The normalized spacial score (nSPS) is 15.9. The van der Waals surface area contributed by atoms with Crippen LogP contribution in [0, 0.1) is 6.92 Å². The summed E-state index contributed by atoms with van der Waals surface area (Å²) in [5.41, 5.74) is 1.16. The Morgan fingerprint density at radius 2 is 1.86 bits per heavy atom. The SMILES string of the molecule is CC(=O)c1sc(N2C(=O)C(O)=C(C(=O)c3cc4ccccc4o3)[C@H]2c2ccc(Cl)c(Cl)c2)nc1C. The van der Waals surface area contributed by atoms with Crippen molar-refractivity contribution >= 4 is 68.1 Å². The topological polar surface area (TPSA) is 101 Å². The minimum Gasteiger partial charge on any atom is -0.503 e. The number of para-hydroxylation sites is 1. The monoisotopic (exact) mass is 526 g/mol. The first-order valence-electron chi connectivity index (χ1n) is 10.4. The number of carbonyl (C=O) groups excluding carboxylic acids is 3. The Balaban J connectivity index is 1.69. The highest BCUT2D eigenvalue weighted by Gasteiger charge is 2.47. The number of rotatable bonds is 5. The summed E-state index contributed by atoms with van der Waals surface area (Å²) in [4.78, 5) is 44.9. The third-order valence-corrected chi connectivity index (χ3v) is 7.67. The van der Waals surface area contributed by atoms with Crippen molar-refractivity contribution in [3.63, 3.8) is 0 Å². The summed E-state index contributed by atoms with van der Waals surface area (Å²) in [6, 6.07) is 12.2. The number of aliphatic hydroxyl groups excluding tert-OH is 1. The summed E-state index contributed by atoms with van der Waals surface area (Å²) >= 11 is 13.3. The average Bonchev–Trinajstić information content (AvgIpc) is 3.49. The molecule has 0 saturated carbocycles. The van der Waals surface area contributed by atoms with Crippen LogP contribution >= 0.6 is 34.5 Å². The maximum Gasteiger partial charge on any atom is 0.296 e.